The smallest absolute Gasteiger partial charge is 0.332 e. The van der Waals surface area contributed by atoms with Crippen molar-refractivity contribution < 1.29 is 5.11 Å². The molecule has 0 radical (unpaired) electrons. The minimum atomic E-state index is -0.349. The second kappa shape index (κ2) is 7.06. The van der Waals surface area contributed by atoms with Crippen LogP contribution >= 0.6 is 0 Å². The zero-order chi connectivity index (χ0) is 19.0. The highest BCUT2D eigenvalue weighted by molar-refractivity contribution is 5.87. The van der Waals surface area contributed by atoms with Crippen molar-refractivity contribution in [3.63, 3.8) is 0 Å². The van der Waals surface area contributed by atoms with Crippen LogP contribution in [0.5, 0.6) is 0 Å². The highest BCUT2D eigenvalue weighted by Crippen LogP contribution is 2.23. The van der Waals surface area contributed by atoms with E-state index < -0.39 is 0 Å². The van der Waals surface area contributed by atoms with Gasteiger partial charge >= 0.3 is 5.69 Å². The minimum absolute atomic E-state index is 0.0474. The van der Waals surface area contributed by atoms with Crippen LogP contribution in [-0.4, -0.2) is 42.7 Å². The van der Waals surface area contributed by atoms with Crippen LogP contribution in [0.1, 0.15) is 33.6 Å². The maximum atomic E-state index is 13.1. The van der Waals surface area contributed by atoms with E-state index in [9.17, 15) is 9.59 Å². The number of aliphatic hydroxyl groups excluding tert-OH is 1. The molecule has 0 aliphatic carbocycles. The second-order valence-electron chi connectivity index (χ2n) is 7.19. The lowest BCUT2D eigenvalue weighted by Gasteiger charge is -2.24. The lowest BCUT2D eigenvalue weighted by molar-refractivity contribution is 0.289. The van der Waals surface area contributed by atoms with E-state index >= 15 is 0 Å². The van der Waals surface area contributed by atoms with Crippen LogP contribution in [-0.2, 0) is 20.1 Å². The van der Waals surface area contributed by atoms with Crippen molar-refractivity contribution in [2.24, 2.45) is 18.1 Å². The number of aliphatic hydroxyl groups is 1. The molecule has 0 spiro atoms. The van der Waals surface area contributed by atoms with E-state index in [0.717, 1.165) is 12.1 Å². The van der Waals surface area contributed by atoms with Gasteiger partial charge in [-0.25, -0.2) is 9.80 Å². The summed E-state index contributed by atoms with van der Waals surface area (Å²) in [6.07, 6.45) is 1.29. The van der Waals surface area contributed by atoms with Gasteiger partial charge in [0, 0.05) is 26.7 Å². The Morgan fingerprint density at radius 2 is 1.96 bits per heavy atom. The van der Waals surface area contributed by atoms with Gasteiger partial charge in [-0.15, -0.1) is 0 Å². The number of aromatic nitrogens is 4. The number of nitrogens with zero attached hydrogens (tertiary/aromatic N) is 6. The maximum Gasteiger partial charge on any atom is 0.332 e. The Morgan fingerprint density at radius 1 is 1.23 bits per heavy atom. The van der Waals surface area contributed by atoms with Crippen molar-refractivity contribution in [2.75, 3.05) is 18.2 Å². The molecule has 0 unspecified atom stereocenters. The fraction of sp³-hybridized carbons (Fsp3) is 0.647. The van der Waals surface area contributed by atoms with Crippen molar-refractivity contribution >= 4 is 22.8 Å². The van der Waals surface area contributed by atoms with E-state index in [4.69, 9.17) is 5.11 Å². The highest BCUT2D eigenvalue weighted by atomic mass is 16.3. The van der Waals surface area contributed by atoms with E-state index in [2.05, 4.69) is 23.9 Å². The van der Waals surface area contributed by atoms with E-state index in [1.54, 1.807) is 12.1 Å². The largest absolute Gasteiger partial charge is 0.396 e. The Hall–Kier alpha value is -2.42. The molecule has 1 aliphatic heterocycles. The third-order valence-corrected chi connectivity index (χ3v) is 4.58. The Morgan fingerprint density at radius 3 is 2.62 bits per heavy atom. The predicted octanol–water partition coefficient (Wildman–Crippen LogP) is 0.521. The predicted molar refractivity (Wildman–Crippen MR) is 101 cm³/mol. The quantitative estimate of drug-likeness (QED) is 0.808. The maximum absolute atomic E-state index is 13.1. The normalized spacial score (nSPS) is 14.2. The summed E-state index contributed by atoms with van der Waals surface area (Å²) in [4.78, 5) is 30.2. The molecule has 1 aliphatic rings. The molecule has 0 saturated heterocycles. The molecule has 0 aromatic carbocycles. The first-order valence-electron chi connectivity index (χ1n) is 8.97. The molecule has 26 heavy (non-hydrogen) atoms. The number of hydrazone groups is 1. The Kier molecular flexibility index (Phi) is 4.99. The van der Waals surface area contributed by atoms with Crippen LogP contribution in [0.2, 0.25) is 0 Å². The van der Waals surface area contributed by atoms with Crippen LogP contribution in [0.25, 0.3) is 11.2 Å². The standard InChI is InChI=1S/C17H26N6O3/c1-11(2)6-8-21-15(25)13-14(20(4)17(21)26)18-16-22(13)10-12(3)19-23(16)7-5-9-24/h11,24H,5-10H2,1-4H3. The summed E-state index contributed by atoms with van der Waals surface area (Å²) >= 11 is 0. The summed E-state index contributed by atoms with van der Waals surface area (Å²) in [6.45, 7) is 7.40. The molecule has 1 N–H and O–H groups in total. The summed E-state index contributed by atoms with van der Waals surface area (Å²) in [7, 11) is 1.64. The van der Waals surface area contributed by atoms with Crippen LogP contribution in [0.15, 0.2) is 14.7 Å². The summed E-state index contributed by atoms with van der Waals surface area (Å²) in [5, 5.41) is 15.3. The van der Waals surface area contributed by atoms with Crippen molar-refractivity contribution in [3.05, 3.63) is 20.8 Å². The van der Waals surface area contributed by atoms with Crippen LogP contribution in [0.4, 0.5) is 5.95 Å². The van der Waals surface area contributed by atoms with Gasteiger partial charge in [0.2, 0.25) is 5.95 Å². The second-order valence-corrected chi connectivity index (χ2v) is 7.19. The monoisotopic (exact) mass is 362 g/mol. The molecule has 2 aromatic heterocycles. The summed E-state index contributed by atoms with van der Waals surface area (Å²) in [5.41, 5.74) is 0.984. The lowest BCUT2D eigenvalue weighted by Crippen LogP contribution is -2.40. The molecule has 0 bridgehead atoms. The number of hydrogen-bond acceptors (Lipinski definition) is 6. The number of hydrogen-bond donors (Lipinski definition) is 1. The van der Waals surface area contributed by atoms with Crippen molar-refractivity contribution in [2.45, 2.75) is 46.7 Å². The first-order valence-corrected chi connectivity index (χ1v) is 8.97. The third-order valence-electron chi connectivity index (χ3n) is 4.58. The van der Waals surface area contributed by atoms with Crippen molar-refractivity contribution in [1.29, 1.82) is 0 Å². The molecule has 9 nitrogen and oxygen atoms in total. The minimum Gasteiger partial charge on any atom is -0.396 e. The van der Waals surface area contributed by atoms with Gasteiger partial charge in [-0.2, -0.15) is 10.1 Å². The summed E-state index contributed by atoms with van der Waals surface area (Å²) in [5.74, 6) is 0.928. The molecule has 0 amide bonds. The van der Waals surface area contributed by atoms with Gasteiger partial charge in [-0.1, -0.05) is 13.8 Å². The molecule has 0 fully saturated rings. The number of anilines is 1. The van der Waals surface area contributed by atoms with E-state index in [1.165, 1.54) is 9.13 Å². The molecule has 2 aromatic rings. The number of aryl methyl sites for hydroxylation is 1. The third kappa shape index (κ3) is 3.07. The first kappa shape index (κ1) is 18.4. The number of fused-ring (bicyclic) bond motifs is 3. The molecule has 3 heterocycles. The zero-order valence-corrected chi connectivity index (χ0v) is 15.8. The average molecular weight is 362 g/mol. The lowest BCUT2D eigenvalue weighted by atomic mass is 10.1. The van der Waals surface area contributed by atoms with Crippen molar-refractivity contribution in [1.82, 2.24) is 18.7 Å². The number of rotatable bonds is 6. The SMILES string of the molecule is CC1=NN(CCCO)c2nc3c(c(=O)n(CCC(C)C)c(=O)n3C)n2C1. The number of imidazole rings is 1. The first-order chi connectivity index (χ1) is 12.3. The topological polar surface area (TPSA) is 97.7 Å². The highest BCUT2D eigenvalue weighted by Gasteiger charge is 2.26. The van der Waals surface area contributed by atoms with E-state index in [-0.39, 0.29) is 17.9 Å². The zero-order valence-electron chi connectivity index (χ0n) is 15.8. The van der Waals surface area contributed by atoms with E-state index in [0.29, 0.717) is 49.1 Å². The van der Waals surface area contributed by atoms with Gasteiger partial charge in [0.05, 0.1) is 12.3 Å². The fourth-order valence-electron chi connectivity index (χ4n) is 3.17. The Balaban J connectivity index is 2.20. The molecule has 142 valence electrons. The van der Waals surface area contributed by atoms with Crippen LogP contribution < -0.4 is 16.3 Å². The Bertz CT molecular complexity index is 966. The average Bonchev–Trinajstić information content (AvgIpc) is 2.97. The summed E-state index contributed by atoms with van der Waals surface area (Å²) in [6, 6.07) is 0. The molecule has 0 atom stereocenters. The van der Waals surface area contributed by atoms with Crippen LogP contribution in [0, 0.1) is 5.92 Å². The van der Waals surface area contributed by atoms with Crippen LogP contribution in [0.3, 0.4) is 0 Å². The molecule has 0 saturated carbocycles. The van der Waals surface area contributed by atoms with Gasteiger partial charge in [0.1, 0.15) is 0 Å². The summed E-state index contributed by atoms with van der Waals surface area (Å²) < 4.78 is 4.56. The molecule has 3 rings (SSSR count). The van der Waals surface area contributed by atoms with Gasteiger partial charge < -0.3 is 5.11 Å². The fourth-order valence-corrected chi connectivity index (χ4v) is 3.17. The van der Waals surface area contributed by atoms with Gasteiger partial charge in [-0.3, -0.25) is 18.5 Å². The van der Waals surface area contributed by atoms with Gasteiger partial charge in [-0.05, 0) is 25.7 Å². The van der Waals surface area contributed by atoms with Gasteiger partial charge in [0.15, 0.2) is 11.2 Å². The van der Waals surface area contributed by atoms with Crippen molar-refractivity contribution in [3.8, 4) is 0 Å². The molecular weight excluding hydrogens is 336 g/mol. The Labute approximate surface area is 151 Å². The molecule has 9 heteroatoms. The molecular formula is C17H26N6O3. The van der Waals surface area contributed by atoms with Gasteiger partial charge in [0.25, 0.3) is 5.56 Å². The van der Waals surface area contributed by atoms with E-state index in [1.807, 2.05) is 11.5 Å².